The number of methoxy groups -OCH3 is 1. The second kappa shape index (κ2) is 8.10. The average molecular weight is 307 g/mol. The quantitative estimate of drug-likeness (QED) is 0.848. The summed E-state index contributed by atoms with van der Waals surface area (Å²) in [6, 6.07) is 5.97. The van der Waals surface area contributed by atoms with E-state index in [1.165, 1.54) is 23.5 Å². The summed E-state index contributed by atoms with van der Waals surface area (Å²) in [7, 11) is 1.60. The molecular weight excluding hydrogens is 286 g/mol. The normalized spacial score (nSPS) is 16.8. The van der Waals surface area contributed by atoms with Gasteiger partial charge >= 0.3 is 5.97 Å². The standard InChI is InChI=1S/C16H21NO3S/c1-20-15-5-3-13(11-14(15)4-6-16(18)19)12-17-7-2-9-21-10-8-17/h3-6,11H,2,7-10,12H2,1H3,(H,18,19). The highest BCUT2D eigenvalue weighted by atomic mass is 32.2. The number of hydrogen-bond acceptors (Lipinski definition) is 4. The number of carboxylic acid groups (broad SMARTS) is 1. The van der Waals surface area contributed by atoms with Crippen molar-refractivity contribution in [1.29, 1.82) is 0 Å². The van der Waals surface area contributed by atoms with Gasteiger partial charge in [-0.1, -0.05) is 6.07 Å². The van der Waals surface area contributed by atoms with Gasteiger partial charge in [-0.15, -0.1) is 0 Å². The predicted molar refractivity (Wildman–Crippen MR) is 86.9 cm³/mol. The van der Waals surface area contributed by atoms with Crippen LogP contribution in [0.1, 0.15) is 17.5 Å². The fourth-order valence-corrected chi connectivity index (χ4v) is 3.31. The molecule has 1 aromatic carbocycles. The number of benzene rings is 1. The van der Waals surface area contributed by atoms with Gasteiger partial charge in [0.2, 0.25) is 0 Å². The monoisotopic (exact) mass is 307 g/mol. The Bertz CT molecular complexity index is 508. The van der Waals surface area contributed by atoms with Crippen molar-refractivity contribution in [3.05, 3.63) is 35.4 Å². The molecule has 5 heteroatoms. The fraction of sp³-hybridized carbons (Fsp3) is 0.438. The van der Waals surface area contributed by atoms with Crippen molar-refractivity contribution in [3.8, 4) is 5.75 Å². The minimum Gasteiger partial charge on any atom is -0.496 e. The molecule has 1 heterocycles. The Morgan fingerprint density at radius 1 is 1.43 bits per heavy atom. The molecule has 0 spiro atoms. The highest BCUT2D eigenvalue weighted by Gasteiger charge is 2.10. The SMILES string of the molecule is COc1ccc(CN2CCCSCC2)cc1C=CC(=O)O. The van der Waals surface area contributed by atoms with Crippen molar-refractivity contribution >= 4 is 23.8 Å². The van der Waals surface area contributed by atoms with Crippen LogP contribution >= 0.6 is 11.8 Å². The van der Waals surface area contributed by atoms with E-state index in [0.29, 0.717) is 5.75 Å². The van der Waals surface area contributed by atoms with Crippen LogP contribution in [-0.2, 0) is 11.3 Å². The first kappa shape index (κ1) is 15.9. The second-order valence-electron chi connectivity index (χ2n) is 4.99. The fourth-order valence-electron chi connectivity index (χ4n) is 2.39. The van der Waals surface area contributed by atoms with E-state index in [1.54, 1.807) is 13.2 Å². The number of nitrogens with zero attached hydrogens (tertiary/aromatic N) is 1. The maximum absolute atomic E-state index is 10.7. The summed E-state index contributed by atoms with van der Waals surface area (Å²) in [6.07, 6.45) is 3.96. The molecule has 21 heavy (non-hydrogen) atoms. The van der Waals surface area contributed by atoms with Gasteiger partial charge in [-0.2, -0.15) is 11.8 Å². The Labute approximate surface area is 129 Å². The molecule has 114 valence electrons. The van der Waals surface area contributed by atoms with Crippen LogP contribution in [0.4, 0.5) is 0 Å². The van der Waals surface area contributed by atoms with E-state index in [2.05, 4.69) is 11.0 Å². The number of thioether (sulfide) groups is 1. The van der Waals surface area contributed by atoms with Crippen LogP contribution < -0.4 is 4.74 Å². The summed E-state index contributed by atoms with van der Waals surface area (Å²) in [5.41, 5.74) is 1.99. The molecule has 2 rings (SSSR count). The van der Waals surface area contributed by atoms with Gasteiger partial charge in [-0.05, 0) is 42.5 Å². The highest BCUT2D eigenvalue weighted by Crippen LogP contribution is 2.23. The molecule has 0 aromatic heterocycles. The number of rotatable bonds is 5. The van der Waals surface area contributed by atoms with E-state index in [1.807, 2.05) is 23.9 Å². The summed E-state index contributed by atoms with van der Waals surface area (Å²) in [5, 5.41) is 8.76. The first-order chi connectivity index (χ1) is 10.2. The van der Waals surface area contributed by atoms with E-state index in [9.17, 15) is 4.79 Å². The van der Waals surface area contributed by atoms with E-state index in [0.717, 1.165) is 31.3 Å². The van der Waals surface area contributed by atoms with Crippen molar-refractivity contribution in [2.75, 3.05) is 31.7 Å². The van der Waals surface area contributed by atoms with Crippen molar-refractivity contribution < 1.29 is 14.6 Å². The molecule has 0 aliphatic carbocycles. The van der Waals surface area contributed by atoms with Crippen LogP contribution in [0.15, 0.2) is 24.3 Å². The van der Waals surface area contributed by atoms with Gasteiger partial charge in [0.05, 0.1) is 7.11 Å². The molecule has 0 radical (unpaired) electrons. The molecule has 0 unspecified atom stereocenters. The van der Waals surface area contributed by atoms with Crippen molar-refractivity contribution in [3.63, 3.8) is 0 Å². The average Bonchev–Trinajstić information content (AvgIpc) is 2.74. The lowest BCUT2D eigenvalue weighted by Crippen LogP contribution is -2.25. The Morgan fingerprint density at radius 2 is 2.29 bits per heavy atom. The smallest absolute Gasteiger partial charge is 0.328 e. The minimum absolute atomic E-state index is 0.697. The van der Waals surface area contributed by atoms with Crippen LogP contribution in [0.2, 0.25) is 0 Å². The van der Waals surface area contributed by atoms with Gasteiger partial charge < -0.3 is 9.84 Å². The molecule has 1 N–H and O–H groups in total. The van der Waals surface area contributed by atoms with E-state index >= 15 is 0 Å². The molecule has 0 saturated carbocycles. The van der Waals surface area contributed by atoms with Crippen molar-refractivity contribution in [2.45, 2.75) is 13.0 Å². The van der Waals surface area contributed by atoms with Crippen LogP contribution in [0, 0.1) is 0 Å². The summed E-state index contributed by atoms with van der Waals surface area (Å²) in [6.45, 7) is 3.13. The molecule has 1 aliphatic rings. The van der Waals surface area contributed by atoms with Gasteiger partial charge in [0.1, 0.15) is 5.75 Å². The lowest BCUT2D eigenvalue weighted by Gasteiger charge is -2.20. The molecule has 1 aliphatic heterocycles. The molecule has 0 amide bonds. The van der Waals surface area contributed by atoms with Crippen LogP contribution in [0.25, 0.3) is 6.08 Å². The number of aliphatic carboxylic acids is 1. The Kier molecular flexibility index (Phi) is 6.14. The largest absolute Gasteiger partial charge is 0.496 e. The van der Waals surface area contributed by atoms with Gasteiger partial charge in [-0.25, -0.2) is 4.79 Å². The molecule has 0 bridgehead atoms. The minimum atomic E-state index is -0.952. The predicted octanol–water partition coefficient (Wildman–Crippen LogP) is 2.73. The lowest BCUT2D eigenvalue weighted by molar-refractivity contribution is -0.131. The van der Waals surface area contributed by atoms with E-state index in [-0.39, 0.29) is 0 Å². The van der Waals surface area contributed by atoms with Gasteiger partial charge in [0.25, 0.3) is 0 Å². The summed E-state index contributed by atoms with van der Waals surface area (Å²) >= 11 is 2.01. The van der Waals surface area contributed by atoms with Gasteiger partial charge in [0, 0.05) is 30.5 Å². The maximum Gasteiger partial charge on any atom is 0.328 e. The molecule has 1 aromatic rings. The highest BCUT2D eigenvalue weighted by molar-refractivity contribution is 7.99. The first-order valence-corrected chi connectivity index (χ1v) is 8.22. The van der Waals surface area contributed by atoms with Gasteiger partial charge in [0.15, 0.2) is 0 Å². The first-order valence-electron chi connectivity index (χ1n) is 7.07. The third kappa shape index (κ3) is 5.10. The molecule has 4 nitrogen and oxygen atoms in total. The van der Waals surface area contributed by atoms with Crippen molar-refractivity contribution in [2.24, 2.45) is 0 Å². The summed E-state index contributed by atoms with van der Waals surface area (Å²) in [4.78, 5) is 13.1. The number of hydrogen-bond donors (Lipinski definition) is 1. The second-order valence-corrected chi connectivity index (χ2v) is 6.21. The zero-order valence-corrected chi connectivity index (χ0v) is 13.1. The van der Waals surface area contributed by atoms with Gasteiger partial charge in [-0.3, -0.25) is 4.90 Å². The summed E-state index contributed by atoms with van der Waals surface area (Å²) < 4.78 is 5.28. The Morgan fingerprint density at radius 3 is 3.05 bits per heavy atom. The van der Waals surface area contributed by atoms with Crippen LogP contribution in [-0.4, -0.2) is 47.7 Å². The summed E-state index contributed by atoms with van der Waals surface area (Å²) in [5.74, 6) is 2.17. The molecule has 0 atom stereocenters. The van der Waals surface area contributed by atoms with E-state index < -0.39 is 5.97 Å². The number of ether oxygens (including phenoxy) is 1. The van der Waals surface area contributed by atoms with Crippen LogP contribution in [0.5, 0.6) is 5.75 Å². The third-order valence-corrected chi connectivity index (χ3v) is 4.47. The molecule has 1 fully saturated rings. The van der Waals surface area contributed by atoms with Crippen LogP contribution in [0.3, 0.4) is 0 Å². The third-order valence-electron chi connectivity index (χ3n) is 3.42. The Hall–Kier alpha value is -1.46. The topological polar surface area (TPSA) is 49.8 Å². The number of carboxylic acids is 1. The number of carbonyl (C=O) groups is 1. The van der Waals surface area contributed by atoms with E-state index in [4.69, 9.17) is 9.84 Å². The lowest BCUT2D eigenvalue weighted by atomic mass is 10.1. The molecular formula is C16H21NO3S. The maximum atomic E-state index is 10.7. The molecule has 1 saturated heterocycles. The Balaban J connectivity index is 2.12. The zero-order valence-electron chi connectivity index (χ0n) is 12.2. The van der Waals surface area contributed by atoms with Crippen molar-refractivity contribution in [1.82, 2.24) is 4.90 Å². The zero-order chi connectivity index (χ0) is 15.1.